The Morgan fingerprint density at radius 3 is 2.47 bits per heavy atom. The van der Waals surface area contributed by atoms with E-state index >= 15 is 0 Å². The summed E-state index contributed by atoms with van der Waals surface area (Å²) in [4.78, 5) is 0. The molecule has 0 unspecified atom stereocenters. The van der Waals surface area contributed by atoms with Gasteiger partial charge >= 0.3 is 0 Å². The lowest BCUT2D eigenvalue weighted by Crippen LogP contribution is -2.28. The second kappa shape index (κ2) is 3.86. The minimum atomic E-state index is -0.619. The minimum absolute atomic E-state index is 0.353. The second-order valence-electron chi connectivity index (χ2n) is 4.45. The van der Waals surface area contributed by atoms with Crippen molar-refractivity contribution in [3.63, 3.8) is 0 Å². The summed E-state index contributed by atoms with van der Waals surface area (Å²) in [5.74, 6) is 1.19. The summed E-state index contributed by atoms with van der Waals surface area (Å²) in [5, 5.41) is 10.6. The Labute approximate surface area is 90.9 Å². The molecule has 0 amide bonds. The van der Waals surface area contributed by atoms with Crippen LogP contribution in [0, 0.1) is 5.92 Å². The molecule has 1 fully saturated rings. The van der Waals surface area contributed by atoms with Crippen molar-refractivity contribution in [3.05, 3.63) is 29.8 Å². The first-order valence-corrected chi connectivity index (χ1v) is 5.54. The Kier molecular flexibility index (Phi) is 2.70. The predicted octanol–water partition coefficient (Wildman–Crippen LogP) is 2.70. The molecule has 0 spiro atoms. The highest BCUT2D eigenvalue weighted by Crippen LogP contribution is 2.43. The Hall–Kier alpha value is -1.02. The summed E-state index contributed by atoms with van der Waals surface area (Å²) in [6.07, 6.45) is 3.10. The lowest BCUT2D eigenvalue weighted by Gasteiger charge is -2.28. The molecule has 82 valence electrons. The number of ether oxygens (including phenoxy) is 1. The van der Waals surface area contributed by atoms with E-state index in [4.69, 9.17) is 4.74 Å². The molecule has 2 heteroatoms. The molecule has 1 aliphatic rings. The van der Waals surface area contributed by atoms with Gasteiger partial charge in [-0.25, -0.2) is 0 Å². The third kappa shape index (κ3) is 1.74. The summed E-state index contributed by atoms with van der Waals surface area (Å²) in [6.45, 7) is 2.12. The molecule has 0 radical (unpaired) electrons. The van der Waals surface area contributed by atoms with Crippen molar-refractivity contribution in [2.45, 2.75) is 31.8 Å². The van der Waals surface area contributed by atoms with Crippen molar-refractivity contribution in [1.82, 2.24) is 0 Å². The maximum Gasteiger partial charge on any atom is 0.118 e. The fourth-order valence-corrected chi connectivity index (χ4v) is 2.47. The normalized spacial score (nSPS) is 30.5. The predicted molar refractivity (Wildman–Crippen MR) is 59.9 cm³/mol. The van der Waals surface area contributed by atoms with Gasteiger partial charge in [0.1, 0.15) is 5.75 Å². The highest BCUT2D eigenvalue weighted by Gasteiger charge is 2.39. The Balaban J connectivity index is 2.28. The van der Waals surface area contributed by atoms with E-state index in [9.17, 15) is 5.11 Å². The summed E-state index contributed by atoms with van der Waals surface area (Å²) in [7, 11) is 1.65. The number of aliphatic hydroxyl groups is 1. The topological polar surface area (TPSA) is 29.5 Å². The molecule has 2 atom stereocenters. The van der Waals surface area contributed by atoms with E-state index in [0.717, 1.165) is 30.6 Å². The maximum atomic E-state index is 10.6. The van der Waals surface area contributed by atoms with Gasteiger partial charge in [0.25, 0.3) is 0 Å². The molecule has 1 saturated carbocycles. The van der Waals surface area contributed by atoms with Crippen LogP contribution in [-0.4, -0.2) is 12.2 Å². The minimum Gasteiger partial charge on any atom is -0.497 e. The molecule has 2 rings (SSSR count). The SMILES string of the molecule is COc1ccc([C@]2(O)CCC[C@@H]2C)cc1. The number of hydrogen-bond donors (Lipinski definition) is 1. The lowest BCUT2D eigenvalue weighted by atomic mass is 9.85. The average molecular weight is 206 g/mol. The summed E-state index contributed by atoms with van der Waals surface area (Å²) in [5.41, 5.74) is 0.403. The third-order valence-electron chi connectivity index (χ3n) is 3.60. The van der Waals surface area contributed by atoms with Crippen LogP contribution in [0.5, 0.6) is 5.75 Å². The van der Waals surface area contributed by atoms with Crippen molar-refractivity contribution in [1.29, 1.82) is 0 Å². The van der Waals surface area contributed by atoms with Gasteiger partial charge in [-0.2, -0.15) is 0 Å². The standard InChI is InChI=1S/C13H18O2/c1-10-4-3-9-13(10,14)11-5-7-12(15-2)8-6-11/h5-8,10,14H,3-4,9H2,1-2H3/t10-,13-/m0/s1. The van der Waals surface area contributed by atoms with Crippen molar-refractivity contribution in [2.24, 2.45) is 5.92 Å². The first-order chi connectivity index (χ1) is 7.16. The van der Waals surface area contributed by atoms with Crippen LogP contribution in [0.25, 0.3) is 0 Å². The fraction of sp³-hybridized carbons (Fsp3) is 0.538. The van der Waals surface area contributed by atoms with Crippen molar-refractivity contribution >= 4 is 0 Å². The second-order valence-corrected chi connectivity index (χ2v) is 4.45. The van der Waals surface area contributed by atoms with Crippen molar-refractivity contribution in [3.8, 4) is 5.75 Å². The largest absolute Gasteiger partial charge is 0.497 e. The van der Waals surface area contributed by atoms with Crippen LogP contribution in [-0.2, 0) is 5.60 Å². The summed E-state index contributed by atoms with van der Waals surface area (Å²) < 4.78 is 5.11. The molecule has 1 aromatic carbocycles. The van der Waals surface area contributed by atoms with E-state index in [1.54, 1.807) is 7.11 Å². The van der Waals surface area contributed by atoms with Crippen LogP contribution in [0.1, 0.15) is 31.7 Å². The molecule has 0 saturated heterocycles. The average Bonchev–Trinajstić information content (AvgIpc) is 2.61. The van der Waals surface area contributed by atoms with Gasteiger partial charge in [0.2, 0.25) is 0 Å². The molecular weight excluding hydrogens is 188 g/mol. The van der Waals surface area contributed by atoms with Gasteiger partial charge < -0.3 is 9.84 Å². The highest BCUT2D eigenvalue weighted by molar-refractivity contribution is 5.31. The summed E-state index contributed by atoms with van der Waals surface area (Å²) in [6, 6.07) is 7.78. The molecule has 1 aliphatic carbocycles. The summed E-state index contributed by atoms with van der Waals surface area (Å²) >= 11 is 0. The van der Waals surface area contributed by atoms with Crippen molar-refractivity contribution < 1.29 is 9.84 Å². The monoisotopic (exact) mass is 206 g/mol. The van der Waals surface area contributed by atoms with Crippen molar-refractivity contribution in [2.75, 3.05) is 7.11 Å². The Morgan fingerprint density at radius 1 is 1.33 bits per heavy atom. The van der Waals surface area contributed by atoms with Gasteiger partial charge in [0.05, 0.1) is 12.7 Å². The molecule has 0 aromatic heterocycles. The van der Waals surface area contributed by atoms with E-state index in [0.29, 0.717) is 5.92 Å². The first kappa shape index (κ1) is 10.5. The number of methoxy groups -OCH3 is 1. The van der Waals surface area contributed by atoms with Gasteiger partial charge in [0.15, 0.2) is 0 Å². The zero-order chi connectivity index (χ0) is 10.9. The Bertz CT molecular complexity index is 331. The molecule has 1 aromatic rings. The molecular formula is C13H18O2. The van der Waals surface area contributed by atoms with E-state index < -0.39 is 5.60 Å². The van der Waals surface area contributed by atoms with Crippen LogP contribution < -0.4 is 4.74 Å². The number of benzene rings is 1. The van der Waals surface area contributed by atoms with Gasteiger partial charge in [0, 0.05) is 0 Å². The van der Waals surface area contributed by atoms with E-state index in [1.165, 1.54) is 0 Å². The fourth-order valence-electron chi connectivity index (χ4n) is 2.47. The van der Waals surface area contributed by atoms with E-state index in [-0.39, 0.29) is 0 Å². The Morgan fingerprint density at radius 2 is 2.00 bits per heavy atom. The van der Waals surface area contributed by atoms with Crippen LogP contribution >= 0.6 is 0 Å². The molecule has 0 aliphatic heterocycles. The maximum absolute atomic E-state index is 10.6. The number of hydrogen-bond acceptors (Lipinski definition) is 2. The van der Waals surface area contributed by atoms with E-state index in [2.05, 4.69) is 6.92 Å². The first-order valence-electron chi connectivity index (χ1n) is 5.54. The number of rotatable bonds is 2. The quantitative estimate of drug-likeness (QED) is 0.806. The van der Waals surface area contributed by atoms with Gasteiger partial charge in [-0.05, 0) is 42.9 Å². The third-order valence-corrected chi connectivity index (χ3v) is 3.60. The van der Waals surface area contributed by atoms with Gasteiger partial charge in [-0.1, -0.05) is 19.1 Å². The molecule has 2 nitrogen and oxygen atoms in total. The van der Waals surface area contributed by atoms with Gasteiger partial charge in [-0.3, -0.25) is 0 Å². The highest BCUT2D eigenvalue weighted by atomic mass is 16.5. The molecule has 1 N–H and O–H groups in total. The van der Waals surface area contributed by atoms with Crippen LogP contribution in [0.15, 0.2) is 24.3 Å². The lowest BCUT2D eigenvalue weighted by molar-refractivity contribution is 0.00446. The zero-order valence-corrected chi connectivity index (χ0v) is 9.36. The van der Waals surface area contributed by atoms with E-state index in [1.807, 2.05) is 24.3 Å². The zero-order valence-electron chi connectivity index (χ0n) is 9.36. The van der Waals surface area contributed by atoms with Gasteiger partial charge in [-0.15, -0.1) is 0 Å². The van der Waals surface area contributed by atoms with Crippen LogP contribution in [0.3, 0.4) is 0 Å². The smallest absolute Gasteiger partial charge is 0.118 e. The molecule has 0 bridgehead atoms. The molecule has 15 heavy (non-hydrogen) atoms. The van der Waals surface area contributed by atoms with Crippen LogP contribution in [0.2, 0.25) is 0 Å². The molecule has 0 heterocycles. The van der Waals surface area contributed by atoms with Crippen LogP contribution in [0.4, 0.5) is 0 Å².